The fourth-order valence-corrected chi connectivity index (χ4v) is 2.55. The van der Waals surface area contributed by atoms with Crippen molar-refractivity contribution in [2.45, 2.75) is 31.7 Å². The molecule has 1 unspecified atom stereocenters. The summed E-state index contributed by atoms with van der Waals surface area (Å²) in [5, 5.41) is 9.52. The van der Waals surface area contributed by atoms with E-state index in [4.69, 9.17) is 18.0 Å². The third kappa shape index (κ3) is 2.97. The Morgan fingerprint density at radius 2 is 2.33 bits per heavy atom. The van der Waals surface area contributed by atoms with E-state index in [9.17, 15) is 5.11 Å². The van der Waals surface area contributed by atoms with Crippen LogP contribution in [0, 0.1) is 0 Å². The molecule has 1 aliphatic rings. The molecule has 0 saturated carbocycles. The van der Waals surface area contributed by atoms with E-state index in [1.807, 2.05) is 12.1 Å². The van der Waals surface area contributed by atoms with Crippen LogP contribution in [-0.2, 0) is 0 Å². The molecular weight excluding hydrogens is 246 g/mol. The molecule has 3 N–H and O–H groups in total. The van der Waals surface area contributed by atoms with Crippen LogP contribution in [0.1, 0.15) is 31.4 Å². The number of aromatic nitrogens is 1. The molecule has 98 valence electrons. The van der Waals surface area contributed by atoms with E-state index in [-0.39, 0.29) is 12.6 Å². The number of pyridine rings is 1. The number of nitrogens with zero attached hydrogens (tertiary/aromatic N) is 2. The number of hydrogen-bond acceptors (Lipinski definition) is 4. The molecule has 1 aliphatic heterocycles. The Morgan fingerprint density at radius 3 is 3.06 bits per heavy atom. The van der Waals surface area contributed by atoms with Gasteiger partial charge in [-0.05, 0) is 25.0 Å². The normalized spacial score (nSPS) is 20.5. The van der Waals surface area contributed by atoms with Crippen molar-refractivity contribution in [3.05, 3.63) is 24.0 Å². The molecule has 18 heavy (non-hydrogen) atoms. The fourth-order valence-electron chi connectivity index (χ4n) is 2.44. The minimum atomic E-state index is 0.185. The monoisotopic (exact) mass is 265 g/mol. The summed E-state index contributed by atoms with van der Waals surface area (Å²) >= 11 is 4.96. The lowest BCUT2D eigenvalue weighted by Gasteiger charge is -2.30. The first-order valence-electron chi connectivity index (χ1n) is 6.35. The van der Waals surface area contributed by atoms with Crippen LogP contribution in [0.5, 0.6) is 0 Å². The van der Waals surface area contributed by atoms with Gasteiger partial charge in [0.05, 0.1) is 18.3 Å². The van der Waals surface area contributed by atoms with E-state index < -0.39 is 0 Å². The van der Waals surface area contributed by atoms with Crippen LogP contribution in [0.4, 0.5) is 5.69 Å². The molecule has 0 radical (unpaired) electrons. The summed E-state index contributed by atoms with van der Waals surface area (Å²) in [7, 11) is 0. The van der Waals surface area contributed by atoms with E-state index in [1.165, 1.54) is 12.8 Å². The third-order valence-corrected chi connectivity index (χ3v) is 3.62. The summed E-state index contributed by atoms with van der Waals surface area (Å²) in [5.41, 5.74) is 7.30. The van der Waals surface area contributed by atoms with Gasteiger partial charge >= 0.3 is 0 Å². The highest BCUT2D eigenvalue weighted by Crippen LogP contribution is 2.24. The van der Waals surface area contributed by atoms with Crippen molar-refractivity contribution in [1.29, 1.82) is 0 Å². The molecule has 1 atom stereocenters. The Labute approximate surface area is 113 Å². The zero-order valence-electron chi connectivity index (χ0n) is 10.4. The van der Waals surface area contributed by atoms with Crippen LogP contribution in [0.2, 0.25) is 0 Å². The SMILES string of the molecule is NC(=S)c1cc(N2CCCCCC2CO)ccn1. The van der Waals surface area contributed by atoms with E-state index in [0.29, 0.717) is 10.7 Å². The number of anilines is 1. The van der Waals surface area contributed by atoms with Gasteiger partial charge in [0.1, 0.15) is 4.99 Å². The van der Waals surface area contributed by atoms with Gasteiger partial charge in [-0.2, -0.15) is 0 Å². The molecule has 1 fully saturated rings. The van der Waals surface area contributed by atoms with Crippen molar-refractivity contribution in [1.82, 2.24) is 4.98 Å². The summed E-state index contributed by atoms with van der Waals surface area (Å²) < 4.78 is 0. The highest BCUT2D eigenvalue weighted by Gasteiger charge is 2.20. The Morgan fingerprint density at radius 1 is 1.50 bits per heavy atom. The fraction of sp³-hybridized carbons (Fsp3) is 0.538. The van der Waals surface area contributed by atoms with Gasteiger partial charge in [0.15, 0.2) is 0 Å². The van der Waals surface area contributed by atoms with Crippen molar-refractivity contribution in [2.75, 3.05) is 18.1 Å². The molecule has 0 amide bonds. The van der Waals surface area contributed by atoms with E-state index in [0.717, 1.165) is 25.1 Å². The van der Waals surface area contributed by atoms with Gasteiger partial charge in [0.2, 0.25) is 0 Å². The molecule has 5 heteroatoms. The molecule has 1 aromatic rings. The van der Waals surface area contributed by atoms with Gasteiger partial charge in [0, 0.05) is 18.4 Å². The first-order chi connectivity index (χ1) is 8.72. The highest BCUT2D eigenvalue weighted by atomic mass is 32.1. The molecule has 0 bridgehead atoms. The molecule has 1 saturated heterocycles. The first-order valence-corrected chi connectivity index (χ1v) is 6.76. The standard InChI is InChI=1S/C13H19N3OS/c14-13(18)12-8-10(5-6-15-12)16-7-3-1-2-4-11(16)9-17/h5-6,8,11,17H,1-4,7,9H2,(H2,14,18). The number of thiocarbonyl (C=S) groups is 1. The number of rotatable bonds is 3. The number of nitrogens with two attached hydrogens (primary N) is 1. The number of hydrogen-bond donors (Lipinski definition) is 2. The Balaban J connectivity index is 2.26. The summed E-state index contributed by atoms with van der Waals surface area (Å²) in [6.45, 7) is 1.15. The lowest BCUT2D eigenvalue weighted by molar-refractivity contribution is 0.255. The van der Waals surface area contributed by atoms with Crippen molar-refractivity contribution < 1.29 is 5.11 Å². The van der Waals surface area contributed by atoms with E-state index in [1.54, 1.807) is 6.20 Å². The maximum Gasteiger partial charge on any atom is 0.122 e. The average molecular weight is 265 g/mol. The topological polar surface area (TPSA) is 62.4 Å². The molecule has 2 rings (SSSR count). The van der Waals surface area contributed by atoms with Crippen LogP contribution in [0.25, 0.3) is 0 Å². The lowest BCUT2D eigenvalue weighted by atomic mass is 10.1. The second kappa shape index (κ2) is 6.11. The smallest absolute Gasteiger partial charge is 0.122 e. The summed E-state index contributed by atoms with van der Waals surface area (Å²) in [6.07, 6.45) is 6.31. The van der Waals surface area contributed by atoms with Crippen molar-refractivity contribution in [3.63, 3.8) is 0 Å². The van der Waals surface area contributed by atoms with E-state index in [2.05, 4.69) is 9.88 Å². The van der Waals surface area contributed by atoms with Crippen LogP contribution in [0.15, 0.2) is 18.3 Å². The summed E-state index contributed by atoms with van der Waals surface area (Å²) in [4.78, 5) is 6.71. The van der Waals surface area contributed by atoms with Gasteiger partial charge in [-0.15, -0.1) is 0 Å². The molecule has 2 heterocycles. The van der Waals surface area contributed by atoms with Crippen molar-refractivity contribution in [2.24, 2.45) is 5.73 Å². The zero-order valence-corrected chi connectivity index (χ0v) is 11.2. The highest BCUT2D eigenvalue weighted by molar-refractivity contribution is 7.80. The van der Waals surface area contributed by atoms with E-state index >= 15 is 0 Å². The van der Waals surface area contributed by atoms with Gasteiger partial charge < -0.3 is 15.7 Å². The van der Waals surface area contributed by atoms with Crippen molar-refractivity contribution >= 4 is 22.9 Å². The molecule has 1 aromatic heterocycles. The predicted molar refractivity (Wildman–Crippen MR) is 76.8 cm³/mol. The lowest BCUT2D eigenvalue weighted by Crippen LogP contribution is -2.37. The minimum Gasteiger partial charge on any atom is -0.394 e. The summed E-state index contributed by atoms with van der Waals surface area (Å²) in [6, 6.07) is 4.06. The zero-order chi connectivity index (χ0) is 13.0. The quantitative estimate of drug-likeness (QED) is 0.810. The second-order valence-corrected chi connectivity index (χ2v) is 5.08. The summed E-state index contributed by atoms with van der Waals surface area (Å²) in [5.74, 6) is 0. The largest absolute Gasteiger partial charge is 0.394 e. The van der Waals surface area contributed by atoms with Crippen molar-refractivity contribution in [3.8, 4) is 0 Å². The molecular formula is C13H19N3OS. The molecule has 0 aromatic carbocycles. The Kier molecular flexibility index (Phi) is 4.49. The van der Waals surface area contributed by atoms with Gasteiger partial charge in [-0.25, -0.2) is 0 Å². The van der Waals surface area contributed by atoms with Gasteiger partial charge in [-0.1, -0.05) is 25.1 Å². The van der Waals surface area contributed by atoms with Gasteiger partial charge in [0.25, 0.3) is 0 Å². The average Bonchev–Trinajstić information content (AvgIpc) is 2.63. The maximum absolute atomic E-state index is 9.52. The molecule has 0 spiro atoms. The molecule has 0 aliphatic carbocycles. The first kappa shape index (κ1) is 13.2. The van der Waals surface area contributed by atoms with Crippen LogP contribution >= 0.6 is 12.2 Å². The third-order valence-electron chi connectivity index (χ3n) is 3.42. The van der Waals surface area contributed by atoms with Crippen LogP contribution in [-0.4, -0.2) is 34.3 Å². The maximum atomic E-state index is 9.52. The minimum absolute atomic E-state index is 0.185. The predicted octanol–water partition coefficient (Wildman–Crippen LogP) is 1.46. The molecule has 4 nitrogen and oxygen atoms in total. The van der Waals surface area contributed by atoms with Crippen LogP contribution < -0.4 is 10.6 Å². The second-order valence-electron chi connectivity index (χ2n) is 4.64. The van der Waals surface area contributed by atoms with Gasteiger partial charge in [-0.3, -0.25) is 4.98 Å². The Bertz CT molecular complexity index is 424. The number of aliphatic hydroxyl groups excluding tert-OH is 1. The van der Waals surface area contributed by atoms with Crippen LogP contribution in [0.3, 0.4) is 0 Å². The Hall–Kier alpha value is -1.20. The number of aliphatic hydroxyl groups is 1.